The van der Waals surface area contributed by atoms with Gasteiger partial charge in [-0.2, -0.15) is 0 Å². The second kappa shape index (κ2) is 7.03. The van der Waals surface area contributed by atoms with E-state index in [2.05, 4.69) is 41.1 Å². The molecule has 1 aliphatic carbocycles. The van der Waals surface area contributed by atoms with Crippen LogP contribution in [0, 0.1) is 0 Å². The molecule has 0 aromatic heterocycles. The van der Waals surface area contributed by atoms with Crippen LogP contribution in [0.5, 0.6) is 0 Å². The Balaban J connectivity index is 1.64. The molecule has 0 saturated heterocycles. The smallest absolute Gasteiger partial charge is 0.282 e. The fraction of sp³-hybridized carbons (Fsp3) is 0.611. The van der Waals surface area contributed by atoms with E-state index in [0.717, 1.165) is 19.0 Å². The topological polar surface area (TPSA) is 50.9 Å². The van der Waals surface area contributed by atoms with Crippen molar-refractivity contribution in [2.24, 2.45) is 10.7 Å². The van der Waals surface area contributed by atoms with Crippen LogP contribution in [0.4, 0.5) is 5.69 Å². The maximum Gasteiger partial charge on any atom is 0.282 e. The number of hydrogen-bond acceptors (Lipinski definition) is 4. The molecule has 1 aliphatic heterocycles. The molecule has 3 rings (SSSR count). The van der Waals surface area contributed by atoms with Crippen molar-refractivity contribution in [2.75, 3.05) is 24.6 Å². The molecule has 2 aliphatic rings. The summed E-state index contributed by atoms with van der Waals surface area (Å²) in [6, 6.07) is 9.63. The highest BCUT2D eigenvalue weighted by Gasteiger charge is 2.20. The Kier molecular flexibility index (Phi) is 4.86. The quantitative estimate of drug-likeness (QED) is 0.908. The van der Waals surface area contributed by atoms with Gasteiger partial charge in [0.15, 0.2) is 0 Å². The van der Waals surface area contributed by atoms with Gasteiger partial charge in [-0.3, -0.25) is 0 Å². The van der Waals surface area contributed by atoms with Crippen molar-refractivity contribution in [1.29, 1.82) is 0 Å². The summed E-state index contributed by atoms with van der Waals surface area (Å²) in [7, 11) is 0. The van der Waals surface area contributed by atoms with Crippen LogP contribution in [0.2, 0.25) is 0 Å². The van der Waals surface area contributed by atoms with E-state index in [1.165, 1.54) is 43.4 Å². The van der Waals surface area contributed by atoms with Crippen molar-refractivity contribution in [3.05, 3.63) is 29.8 Å². The highest BCUT2D eigenvalue weighted by atomic mass is 16.5. The van der Waals surface area contributed by atoms with Gasteiger partial charge in [-0.15, -0.1) is 0 Å². The van der Waals surface area contributed by atoms with Crippen LogP contribution in [0.25, 0.3) is 0 Å². The summed E-state index contributed by atoms with van der Waals surface area (Å²) in [5.74, 6) is 0.769. The molecule has 1 saturated carbocycles. The van der Waals surface area contributed by atoms with Gasteiger partial charge in [0.25, 0.3) is 6.02 Å². The van der Waals surface area contributed by atoms with Crippen molar-refractivity contribution in [2.45, 2.75) is 51.0 Å². The Hall–Kier alpha value is -1.71. The number of nitrogens with two attached hydrogens (primary N) is 1. The minimum atomic E-state index is 0.151. The van der Waals surface area contributed by atoms with E-state index in [1.807, 2.05) is 0 Å². The average Bonchev–Trinajstić information content (AvgIpc) is 2.99. The average molecular weight is 301 g/mol. The normalized spacial score (nSPS) is 22.2. The van der Waals surface area contributed by atoms with Gasteiger partial charge < -0.3 is 15.4 Å². The lowest BCUT2D eigenvalue weighted by atomic mass is 9.84. The van der Waals surface area contributed by atoms with Crippen LogP contribution in [0.15, 0.2) is 29.3 Å². The molecule has 2 N–H and O–H groups in total. The lowest BCUT2D eigenvalue weighted by Crippen LogP contribution is -2.32. The van der Waals surface area contributed by atoms with Crippen molar-refractivity contribution in [3.63, 3.8) is 0 Å². The third-order valence-electron chi connectivity index (χ3n) is 4.88. The molecule has 22 heavy (non-hydrogen) atoms. The highest BCUT2D eigenvalue weighted by molar-refractivity contribution is 5.73. The first-order valence-corrected chi connectivity index (χ1v) is 8.57. The largest absolute Gasteiger partial charge is 0.463 e. The number of nitrogens with zero attached hydrogens (tertiary/aromatic N) is 2. The second-order valence-electron chi connectivity index (χ2n) is 6.40. The first-order chi connectivity index (χ1) is 10.8. The fourth-order valence-electron chi connectivity index (χ4n) is 3.59. The molecule has 0 spiro atoms. The van der Waals surface area contributed by atoms with Gasteiger partial charge >= 0.3 is 0 Å². The molecule has 0 bridgehead atoms. The maximum atomic E-state index is 5.59. The summed E-state index contributed by atoms with van der Waals surface area (Å²) in [6.45, 7) is 4.61. The molecule has 1 atom stereocenters. The molecule has 1 aromatic carbocycles. The molecule has 4 nitrogen and oxygen atoms in total. The number of ether oxygens (including phenoxy) is 1. The van der Waals surface area contributed by atoms with Crippen molar-refractivity contribution >= 4 is 11.7 Å². The van der Waals surface area contributed by atoms with Crippen LogP contribution < -0.4 is 10.6 Å². The van der Waals surface area contributed by atoms with Gasteiger partial charge in [0, 0.05) is 18.8 Å². The SMILES string of the molecule is CCN(CC1COC(N)=N1)c1ccc(C2CCCCC2)cc1. The predicted molar refractivity (Wildman–Crippen MR) is 91.5 cm³/mol. The van der Waals surface area contributed by atoms with Crippen LogP contribution >= 0.6 is 0 Å². The number of likely N-dealkylation sites (N-methyl/N-ethyl adjacent to an activating group) is 1. The summed E-state index contributed by atoms with van der Waals surface area (Å²) < 4.78 is 5.25. The van der Waals surface area contributed by atoms with Gasteiger partial charge in [-0.25, -0.2) is 4.99 Å². The number of anilines is 1. The van der Waals surface area contributed by atoms with Crippen LogP contribution in [0.3, 0.4) is 0 Å². The molecule has 4 heteroatoms. The van der Waals surface area contributed by atoms with Crippen molar-refractivity contribution < 1.29 is 4.74 Å². The van der Waals surface area contributed by atoms with Crippen LogP contribution in [-0.2, 0) is 4.74 Å². The van der Waals surface area contributed by atoms with E-state index in [-0.39, 0.29) is 6.04 Å². The molecule has 1 unspecified atom stereocenters. The standard InChI is InChI=1S/C18H27N3O/c1-2-21(12-16-13-22-18(19)20-16)17-10-8-15(9-11-17)14-6-4-3-5-7-14/h8-11,14,16H,2-7,12-13H2,1H3,(H2,19,20). The van der Waals surface area contributed by atoms with E-state index in [4.69, 9.17) is 10.5 Å². The first-order valence-electron chi connectivity index (χ1n) is 8.57. The number of amidine groups is 1. The summed E-state index contributed by atoms with van der Waals surface area (Å²) in [5, 5.41) is 0. The molecular formula is C18H27N3O. The van der Waals surface area contributed by atoms with E-state index < -0.39 is 0 Å². The molecule has 1 fully saturated rings. The Morgan fingerprint density at radius 1 is 1.18 bits per heavy atom. The Bertz CT molecular complexity index is 506. The van der Waals surface area contributed by atoms with Crippen LogP contribution in [-0.4, -0.2) is 31.8 Å². The minimum absolute atomic E-state index is 0.151. The summed E-state index contributed by atoms with van der Waals surface area (Å²) in [5.41, 5.74) is 8.36. The van der Waals surface area contributed by atoms with Crippen LogP contribution in [0.1, 0.15) is 50.5 Å². The maximum absolute atomic E-state index is 5.59. The zero-order valence-corrected chi connectivity index (χ0v) is 13.5. The third kappa shape index (κ3) is 3.54. The summed E-state index contributed by atoms with van der Waals surface area (Å²) >= 11 is 0. The van der Waals surface area contributed by atoms with Crippen molar-refractivity contribution in [3.8, 4) is 0 Å². The zero-order chi connectivity index (χ0) is 15.4. The van der Waals surface area contributed by atoms with E-state index in [0.29, 0.717) is 12.6 Å². The Morgan fingerprint density at radius 2 is 1.91 bits per heavy atom. The second-order valence-corrected chi connectivity index (χ2v) is 6.40. The first kappa shape index (κ1) is 15.2. The van der Waals surface area contributed by atoms with E-state index in [9.17, 15) is 0 Å². The molecule has 0 amide bonds. The lowest BCUT2D eigenvalue weighted by Gasteiger charge is -2.26. The number of hydrogen-bond donors (Lipinski definition) is 1. The molecule has 120 valence electrons. The third-order valence-corrected chi connectivity index (χ3v) is 4.88. The monoisotopic (exact) mass is 301 g/mol. The van der Waals surface area contributed by atoms with Gasteiger partial charge in [0.2, 0.25) is 0 Å². The lowest BCUT2D eigenvalue weighted by molar-refractivity contribution is 0.313. The fourth-order valence-corrected chi connectivity index (χ4v) is 3.59. The summed E-state index contributed by atoms with van der Waals surface area (Å²) in [6.07, 6.45) is 6.88. The predicted octanol–water partition coefficient (Wildman–Crippen LogP) is 3.27. The Labute approximate surface area is 133 Å². The van der Waals surface area contributed by atoms with Gasteiger partial charge in [-0.1, -0.05) is 31.4 Å². The van der Waals surface area contributed by atoms with Gasteiger partial charge in [0.1, 0.15) is 12.6 Å². The minimum Gasteiger partial charge on any atom is -0.463 e. The molecule has 0 radical (unpaired) electrons. The van der Waals surface area contributed by atoms with Gasteiger partial charge in [-0.05, 0) is 43.4 Å². The molecular weight excluding hydrogens is 274 g/mol. The molecule has 1 heterocycles. The zero-order valence-electron chi connectivity index (χ0n) is 13.5. The number of benzene rings is 1. The van der Waals surface area contributed by atoms with Crippen molar-refractivity contribution in [1.82, 2.24) is 0 Å². The number of rotatable bonds is 5. The van der Waals surface area contributed by atoms with E-state index >= 15 is 0 Å². The number of aliphatic imine (C=N–C) groups is 1. The summed E-state index contributed by atoms with van der Waals surface area (Å²) in [4.78, 5) is 6.67. The molecule has 1 aromatic rings. The van der Waals surface area contributed by atoms with Gasteiger partial charge in [0.05, 0.1) is 0 Å². The van der Waals surface area contributed by atoms with E-state index in [1.54, 1.807) is 0 Å². The Morgan fingerprint density at radius 3 is 2.50 bits per heavy atom. The highest BCUT2D eigenvalue weighted by Crippen LogP contribution is 2.33.